The number of ether oxygens (including phenoxy) is 1. The van der Waals surface area contributed by atoms with E-state index in [9.17, 15) is 4.79 Å². The summed E-state index contributed by atoms with van der Waals surface area (Å²) in [5, 5.41) is 3.51. The zero-order valence-electron chi connectivity index (χ0n) is 12.5. The lowest BCUT2D eigenvalue weighted by Gasteiger charge is -2.26. The maximum Gasteiger partial charge on any atom is 0.241 e. The number of carbonyl (C=O) groups excluding carboxylic acids is 1. The zero-order chi connectivity index (χ0) is 16.0. The minimum atomic E-state index is -0.323. The summed E-state index contributed by atoms with van der Waals surface area (Å²) in [6.07, 6.45) is 0. The summed E-state index contributed by atoms with van der Waals surface area (Å²) in [7, 11) is 1.63. The maximum atomic E-state index is 12.3. The van der Waals surface area contributed by atoms with Crippen molar-refractivity contribution in [3.8, 4) is 0 Å². The van der Waals surface area contributed by atoms with Crippen molar-refractivity contribution >= 4 is 40.5 Å². The molecule has 0 spiro atoms. The molecule has 0 heterocycles. The summed E-state index contributed by atoms with van der Waals surface area (Å²) in [5.74, 6) is -0.177. The predicted octanol–water partition coefficient (Wildman–Crippen LogP) is 2.87. The Labute approximate surface area is 135 Å². The van der Waals surface area contributed by atoms with E-state index in [0.717, 1.165) is 6.54 Å². The van der Waals surface area contributed by atoms with Gasteiger partial charge < -0.3 is 15.8 Å². The van der Waals surface area contributed by atoms with E-state index in [1.54, 1.807) is 19.2 Å². The molecule has 0 aromatic heterocycles. The van der Waals surface area contributed by atoms with Gasteiger partial charge in [-0.1, -0.05) is 30.1 Å². The average molecular weight is 334 g/mol. The van der Waals surface area contributed by atoms with Crippen LogP contribution in [0, 0.1) is 0 Å². The Morgan fingerprint density at radius 3 is 2.67 bits per heavy atom. The van der Waals surface area contributed by atoms with E-state index in [4.69, 9.17) is 33.7 Å². The fraction of sp³-hybridized carbons (Fsp3) is 0.500. The normalized spacial score (nSPS) is 12.5. The molecule has 1 atom stereocenters. The molecular weight excluding hydrogens is 313 g/mol. The lowest BCUT2D eigenvalue weighted by molar-refractivity contribution is -0.120. The Kier molecular flexibility index (Phi) is 7.25. The van der Waals surface area contributed by atoms with E-state index < -0.39 is 0 Å². The number of halogens is 2. The lowest BCUT2D eigenvalue weighted by atomic mass is 10.2. The first-order valence-electron chi connectivity index (χ1n) is 6.69. The van der Waals surface area contributed by atoms with Crippen molar-refractivity contribution in [1.82, 2.24) is 4.90 Å². The van der Waals surface area contributed by atoms with Crippen molar-refractivity contribution < 1.29 is 9.53 Å². The molecule has 7 heteroatoms. The monoisotopic (exact) mass is 333 g/mol. The van der Waals surface area contributed by atoms with Crippen LogP contribution in [0.3, 0.4) is 0 Å². The highest BCUT2D eigenvalue weighted by Gasteiger charge is 2.21. The quantitative estimate of drug-likeness (QED) is 0.753. The van der Waals surface area contributed by atoms with Crippen LogP contribution in [-0.4, -0.2) is 43.7 Å². The van der Waals surface area contributed by atoms with Gasteiger partial charge in [0.2, 0.25) is 5.91 Å². The Morgan fingerprint density at radius 1 is 1.48 bits per heavy atom. The second kappa shape index (κ2) is 8.44. The largest absolute Gasteiger partial charge is 0.397 e. The van der Waals surface area contributed by atoms with E-state index >= 15 is 0 Å². The molecule has 3 N–H and O–H groups in total. The van der Waals surface area contributed by atoms with E-state index in [1.807, 2.05) is 18.7 Å². The highest BCUT2D eigenvalue weighted by molar-refractivity contribution is 6.37. The number of nitrogens with zero attached hydrogens (tertiary/aromatic N) is 1. The van der Waals surface area contributed by atoms with Gasteiger partial charge in [0.15, 0.2) is 0 Å². The van der Waals surface area contributed by atoms with Gasteiger partial charge in [0.05, 0.1) is 29.0 Å². The Balaban J connectivity index is 2.80. The molecule has 1 amide bonds. The molecule has 118 valence electrons. The minimum absolute atomic E-state index is 0.177. The molecule has 0 radical (unpaired) electrons. The number of likely N-dealkylation sites (N-methyl/N-ethyl adjacent to an activating group) is 1. The van der Waals surface area contributed by atoms with Gasteiger partial charge in [0.1, 0.15) is 0 Å². The number of nitrogen functional groups attached to an aromatic ring is 1. The van der Waals surface area contributed by atoms with Gasteiger partial charge in [-0.2, -0.15) is 0 Å². The molecule has 5 nitrogen and oxygen atoms in total. The third kappa shape index (κ3) is 5.04. The fourth-order valence-corrected chi connectivity index (χ4v) is 2.51. The maximum absolute atomic E-state index is 12.3. The molecule has 0 saturated heterocycles. The van der Waals surface area contributed by atoms with Gasteiger partial charge in [0, 0.05) is 18.7 Å². The number of benzene rings is 1. The summed E-state index contributed by atoms with van der Waals surface area (Å²) in [5.41, 5.74) is 6.57. The molecule has 0 aliphatic carbocycles. The highest BCUT2D eigenvalue weighted by Crippen LogP contribution is 2.32. The van der Waals surface area contributed by atoms with Crippen molar-refractivity contribution in [2.24, 2.45) is 0 Å². The minimum Gasteiger partial charge on any atom is -0.397 e. The smallest absolute Gasteiger partial charge is 0.241 e. The van der Waals surface area contributed by atoms with Crippen LogP contribution in [0.1, 0.15) is 13.8 Å². The number of hydrogen-bond donors (Lipinski definition) is 2. The van der Waals surface area contributed by atoms with Crippen molar-refractivity contribution in [1.29, 1.82) is 0 Å². The summed E-state index contributed by atoms with van der Waals surface area (Å²) >= 11 is 11.9. The van der Waals surface area contributed by atoms with Gasteiger partial charge >= 0.3 is 0 Å². The average Bonchev–Trinajstić information content (AvgIpc) is 2.43. The van der Waals surface area contributed by atoms with Crippen LogP contribution >= 0.6 is 23.2 Å². The molecule has 0 aliphatic rings. The fourth-order valence-electron chi connectivity index (χ4n) is 1.95. The van der Waals surface area contributed by atoms with Crippen LogP contribution < -0.4 is 11.1 Å². The SMILES string of the molecule is CCN(CCOC)C(C)C(=O)Nc1c(N)cc(Cl)cc1Cl. The lowest BCUT2D eigenvalue weighted by Crippen LogP contribution is -2.43. The molecule has 0 saturated carbocycles. The molecular formula is C14H21Cl2N3O2. The van der Waals surface area contributed by atoms with Gasteiger partial charge in [-0.05, 0) is 25.6 Å². The van der Waals surface area contributed by atoms with Crippen LogP contribution in [0.4, 0.5) is 11.4 Å². The van der Waals surface area contributed by atoms with E-state index in [1.165, 1.54) is 0 Å². The molecule has 0 bridgehead atoms. The molecule has 0 fully saturated rings. The molecule has 1 aromatic rings. The van der Waals surface area contributed by atoms with Crippen molar-refractivity contribution in [2.45, 2.75) is 19.9 Å². The third-order valence-corrected chi connectivity index (χ3v) is 3.77. The van der Waals surface area contributed by atoms with E-state index in [0.29, 0.717) is 34.6 Å². The summed E-state index contributed by atoms with van der Waals surface area (Å²) < 4.78 is 5.04. The van der Waals surface area contributed by atoms with Crippen LogP contribution in [0.15, 0.2) is 12.1 Å². The molecule has 21 heavy (non-hydrogen) atoms. The predicted molar refractivity (Wildman–Crippen MR) is 88.1 cm³/mol. The second-order valence-corrected chi connectivity index (χ2v) is 5.48. The number of nitrogens with two attached hydrogens (primary N) is 1. The van der Waals surface area contributed by atoms with Crippen molar-refractivity contribution in [3.05, 3.63) is 22.2 Å². The van der Waals surface area contributed by atoms with Crippen LogP contribution in [-0.2, 0) is 9.53 Å². The number of carbonyl (C=O) groups is 1. The van der Waals surface area contributed by atoms with Gasteiger partial charge in [-0.3, -0.25) is 9.69 Å². The number of amides is 1. The number of methoxy groups -OCH3 is 1. The molecule has 1 unspecified atom stereocenters. The first-order chi connectivity index (χ1) is 9.90. The standard InChI is InChI=1S/C14H21Cl2N3O2/c1-4-19(5-6-21-3)9(2)14(20)18-13-11(16)7-10(15)8-12(13)17/h7-9H,4-6,17H2,1-3H3,(H,18,20). The van der Waals surface area contributed by atoms with Crippen LogP contribution in [0.2, 0.25) is 10.0 Å². The topological polar surface area (TPSA) is 67.6 Å². The third-order valence-electron chi connectivity index (χ3n) is 3.25. The number of rotatable bonds is 7. The first kappa shape index (κ1) is 18.0. The van der Waals surface area contributed by atoms with Crippen molar-refractivity contribution in [3.63, 3.8) is 0 Å². The summed E-state index contributed by atoms with van der Waals surface area (Å²) in [6, 6.07) is 2.77. The summed E-state index contributed by atoms with van der Waals surface area (Å²) in [6.45, 7) is 5.79. The Bertz CT molecular complexity index is 474. The molecule has 1 aromatic carbocycles. The highest BCUT2D eigenvalue weighted by atomic mass is 35.5. The first-order valence-corrected chi connectivity index (χ1v) is 7.44. The zero-order valence-corrected chi connectivity index (χ0v) is 14.0. The number of nitrogens with one attached hydrogen (secondary N) is 1. The Hall–Kier alpha value is -1.01. The number of anilines is 2. The van der Waals surface area contributed by atoms with E-state index in [2.05, 4.69) is 5.32 Å². The van der Waals surface area contributed by atoms with Crippen molar-refractivity contribution in [2.75, 3.05) is 37.9 Å². The second-order valence-electron chi connectivity index (χ2n) is 4.64. The molecule has 1 rings (SSSR count). The number of hydrogen-bond acceptors (Lipinski definition) is 4. The van der Waals surface area contributed by atoms with Gasteiger partial charge in [0.25, 0.3) is 0 Å². The van der Waals surface area contributed by atoms with Crippen LogP contribution in [0.5, 0.6) is 0 Å². The van der Waals surface area contributed by atoms with Gasteiger partial charge in [-0.15, -0.1) is 0 Å². The summed E-state index contributed by atoms with van der Waals surface area (Å²) in [4.78, 5) is 14.3. The van der Waals surface area contributed by atoms with Gasteiger partial charge in [-0.25, -0.2) is 0 Å². The van der Waals surface area contributed by atoms with Crippen LogP contribution in [0.25, 0.3) is 0 Å². The Morgan fingerprint density at radius 2 is 2.14 bits per heavy atom. The van der Waals surface area contributed by atoms with E-state index in [-0.39, 0.29) is 11.9 Å². The molecule has 0 aliphatic heterocycles.